The number of aryl methyl sites for hydroxylation is 1. The number of aliphatic hydroxyl groups excluding tert-OH is 1. The normalized spacial score (nSPS) is 18.3. The van der Waals surface area contributed by atoms with E-state index in [0.29, 0.717) is 35.2 Å². The maximum atomic E-state index is 13.8. The molecule has 1 N–H and O–H groups in total. The number of thiazole rings is 1. The SMILES string of the molecule is Cc1nc(C(=O)N2CCCC[C@H]2Cc2cn3c(n2)C(CO)=CN(F)C3)c(-c2ccccc2)s1. The zero-order chi connectivity index (χ0) is 22.9. The third-order valence-corrected chi connectivity index (χ3v) is 7.19. The van der Waals surface area contributed by atoms with E-state index in [1.165, 1.54) is 6.20 Å². The summed E-state index contributed by atoms with van der Waals surface area (Å²) in [5, 5.41) is 11.0. The van der Waals surface area contributed by atoms with Gasteiger partial charge in [0.2, 0.25) is 0 Å². The number of carbonyl (C=O) groups is 1. The minimum Gasteiger partial charge on any atom is -0.391 e. The molecule has 0 saturated carbocycles. The molecule has 5 rings (SSSR count). The van der Waals surface area contributed by atoms with Crippen molar-refractivity contribution in [1.82, 2.24) is 24.6 Å². The lowest BCUT2D eigenvalue weighted by Gasteiger charge is -2.35. The van der Waals surface area contributed by atoms with Gasteiger partial charge < -0.3 is 14.6 Å². The number of benzene rings is 1. The second kappa shape index (κ2) is 9.07. The van der Waals surface area contributed by atoms with Crippen LogP contribution in [0.1, 0.15) is 46.3 Å². The lowest BCUT2D eigenvalue weighted by molar-refractivity contribution is 0.0472. The molecular weight excluding hydrogens is 441 g/mol. The van der Waals surface area contributed by atoms with E-state index in [2.05, 4.69) is 9.97 Å². The summed E-state index contributed by atoms with van der Waals surface area (Å²) in [6.07, 6.45) is 6.57. The number of nitrogens with zero attached hydrogens (tertiary/aromatic N) is 5. The summed E-state index contributed by atoms with van der Waals surface area (Å²) in [5.74, 6) is 0.536. The quantitative estimate of drug-likeness (QED) is 0.573. The molecule has 172 valence electrons. The van der Waals surface area contributed by atoms with E-state index in [0.717, 1.165) is 40.4 Å². The van der Waals surface area contributed by atoms with E-state index in [1.807, 2.05) is 48.4 Å². The Hall–Kier alpha value is -3.04. The summed E-state index contributed by atoms with van der Waals surface area (Å²) < 4.78 is 15.5. The Kier molecular flexibility index (Phi) is 5.99. The van der Waals surface area contributed by atoms with E-state index >= 15 is 0 Å². The van der Waals surface area contributed by atoms with Crippen molar-refractivity contribution in [2.24, 2.45) is 0 Å². The standard InChI is InChI=1S/C24H26FN5O2S/c1-16-26-21(22(33-16)17-7-3-2-4-8-17)24(32)30-10-6-5-9-20(30)11-19-13-28-15-29(25)12-18(14-31)23(28)27-19/h2-4,7-8,12-13,20,31H,5-6,9-11,14-15H2,1H3/t20-/m0/s1. The number of rotatable bonds is 5. The van der Waals surface area contributed by atoms with Crippen LogP contribution in [0, 0.1) is 6.92 Å². The number of aromatic nitrogens is 3. The molecule has 3 aromatic rings. The van der Waals surface area contributed by atoms with Crippen LogP contribution >= 0.6 is 11.3 Å². The zero-order valence-electron chi connectivity index (χ0n) is 18.4. The molecule has 0 spiro atoms. The fraction of sp³-hybridized carbons (Fsp3) is 0.375. The topological polar surface area (TPSA) is 74.5 Å². The molecule has 0 bridgehead atoms. The summed E-state index contributed by atoms with van der Waals surface area (Å²) in [7, 11) is 0. The van der Waals surface area contributed by atoms with E-state index in [9.17, 15) is 14.4 Å². The number of fused-ring (bicyclic) bond motifs is 1. The van der Waals surface area contributed by atoms with E-state index in [1.54, 1.807) is 15.9 Å². The number of halogens is 1. The predicted molar refractivity (Wildman–Crippen MR) is 125 cm³/mol. The number of imidazole rings is 1. The summed E-state index contributed by atoms with van der Waals surface area (Å²) in [6.45, 7) is 2.37. The number of amides is 1. The van der Waals surface area contributed by atoms with E-state index < -0.39 is 0 Å². The zero-order valence-corrected chi connectivity index (χ0v) is 19.3. The van der Waals surface area contributed by atoms with Crippen molar-refractivity contribution in [2.45, 2.75) is 45.3 Å². The molecule has 2 aliphatic heterocycles. The van der Waals surface area contributed by atoms with Crippen LogP contribution < -0.4 is 0 Å². The summed E-state index contributed by atoms with van der Waals surface area (Å²) in [4.78, 5) is 25.8. The van der Waals surface area contributed by atoms with Crippen molar-refractivity contribution in [3.05, 3.63) is 64.9 Å². The monoisotopic (exact) mass is 467 g/mol. The minimum absolute atomic E-state index is 0.00290. The Bertz CT molecular complexity index is 1190. The lowest BCUT2D eigenvalue weighted by atomic mass is 9.97. The molecular formula is C24H26FN5O2S. The van der Waals surface area contributed by atoms with Crippen LogP contribution in [0.3, 0.4) is 0 Å². The number of aliphatic hydroxyl groups is 1. The van der Waals surface area contributed by atoms with Crippen molar-refractivity contribution in [3.8, 4) is 10.4 Å². The molecule has 2 aliphatic rings. The van der Waals surface area contributed by atoms with Crippen LogP contribution in [0.4, 0.5) is 4.48 Å². The molecule has 1 atom stereocenters. The number of carbonyl (C=O) groups excluding carboxylic acids is 1. The van der Waals surface area contributed by atoms with Gasteiger partial charge in [-0.15, -0.1) is 11.3 Å². The van der Waals surface area contributed by atoms with Crippen molar-refractivity contribution in [1.29, 1.82) is 0 Å². The fourth-order valence-corrected chi connectivity index (χ4v) is 5.59. The average Bonchev–Trinajstić information content (AvgIpc) is 3.42. The second-order valence-electron chi connectivity index (χ2n) is 8.51. The average molecular weight is 468 g/mol. The highest BCUT2D eigenvalue weighted by Gasteiger charge is 2.32. The smallest absolute Gasteiger partial charge is 0.274 e. The minimum atomic E-state index is -0.281. The van der Waals surface area contributed by atoms with Gasteiger partial charge >= 0.3 is 0 Å². The molecule has 1 amide bonds. The number of hydrogen-bond acceptors (Lipinski definition) is 6. The highest BCUT2D eigenvalue weighted by atomic mass is 32.1. The van der Waals surface area contributed by atoms with Gasteiger partial charge in [0.25, 0.3) is 5.91 Å². The number of likely N-dealkylation sites (tertiary alicyclic amines) is 1. The van der Waals surface area contributed by atoms with Gasteiger partial charge in [-0.1, -0.05) is 34.8 Å². The molecule has 1 aromatic carbocycles. The Labute approximate surface area is 195 Å². The van der Waals surface area contributed by atoms with E-state index in [-0.39, 0.29) is 25.2 Å². The predicted octanol–water partition coefficient (Wildman–Crippen LogP) is 4.04. The fourth-order valence-electron chi connectivity index (χ4n) is 4.67. The van der Waals surface area contributed by atoms with Gasteiger partial charge in [-0.05, 0) is 31.7 Å². The third-order valence-electron chi connectivity index (χ3n) is 6.17. The maximum Gasteiger partial charge on any atom is 0.274 e. The lowest BCUT2D eigenvalue weighted by Crippen LogP contribution is -2.45. The number of piperidine rings is 1. The molecule has 9 heteroatoms. The van der Waals surface area contributed by atoms with Gasteiger partial charge in [0.15, 0.2) is 0 Å². The Morgan fingerprint density at radius 3 is 2.85 bits per heavy atom. The van der Waals surface area contributed by atoms with Gasteiger partial charge in [0.05, 0.1) is 22.2 Å². The van der Waals surface area contributed by atoms with Crippen LogP contribution in [0.5, 0.6) is 0 Å². The molecule has 0 unspecified atom stereocenters. The largest absolute Gasteiger partial charge is 0.391 e. The Morgan fingerprint density at radius 1 is 1.24 bits per heavy atom. The highest BCUT2D eigenvalue weighted by Crippen LogP contribution is 2.33. The first-order valence-corrected chi connectivity index (χ1v) is 12.0. The molecule has 0 aliphatic carbocycles. The van der Waals surface area contributed by atoms with Crippen LogP contribution in [0.2, 0.25) is 0 Å². The van der Waals surface area contributed by atoms with Gasteiger partial charge in [0, 0.05) is 37.0 Å². The van der Waals surface area contributed by atoms with Gasteiger partial charge in [-0.2, -0.15) is 5.12 Å². The van der Waals surface area contributed by atoms with Crippen molar-refractivity contribution in [2.75, 3.05) is 13.2 Å². The van der Waals surface area contributed by atoms with Crippen LogP contribution in [-0.2, 0) is 13.1 Å². The summed E-state index contributed by atoms with van der Waals surface area (Å²) in [5.41, 5.74) is 2.75. The van der Waals surface area contributed by atoms with Crippen LogP contribution in [0.15, 0.2) is 42.7 Å². The van der Waals surface area contributed by atoms with Crippen LogP contribution in [0.25, 0.3) is 16.0 Å². The first-order chi connectivity index (χ1) is 16.0. The maximum absolute atomic E-state index is 13.8. The Balaban J connectivity index is 1.41. The van der Waals surface area contributed by atoms with Gasteiger partial charge in [0.1, 0.15) is 18.2 Å². The van der Waals surface area contributed by atoms with Gasteiger partial charge in [-0.25, -0.2) is 9.97 Å². The first-order valence-electron chi connectivity index (χ1n) is 11.2. The van der Waals surface area contributed by atoms with Crippen molar-refractivity contribution in [3.63, 3.8) is 0 Å². The summed E-state index contributed by atoms with van der Waals surface area (Å²) >= 11 is 1.54. The third kappa shape index (κ3) is 4.30. The summed E-state index contributed by atoms with van der Waals surface area (Å²) in [6, 6.07) is 9.91. The van der Waals surface area contributed by atoms with Gasteiger partial charge in [-0.3, -0.25) is 4.79 Å². The number of hydrogen-bond donors (Lipinski definition) is 1. The first kappa shape index (κ1) is 21.8. The molecule has 1 saturated heterocycles. The molecule has 2 aromatic heterocycles. The van der Waals surface area contributed by atoms with E-state index in [4.69, 9.17) is 0 Å². The van der Waals surface area contributed by atoms with Crippen LogP contribution in [-0.4, -0.2) is 54.8 Å². The molecule has 0 radical (unpaired) electrons. The Morgan fingerprint density at radius 2 is 2.06 bits per heavy atom. The van der Waals surface area contributed by atoms with Crippen molar-refractivity contribution >= 4 is 22.8 Å². The second-order valence-corrected chi connectivity index (χ2v) is 9.71. The van der Waals surface area contributed by atoms with Crippen molar-refractivity contribution < 1.29 is 14.4 Å². The highest BCUT2D eigenvalue weighted by molar-refractivity contribution is 7.15. The molecule has 7 nitrogen and oxygen atoms in total. The molecule has 4 heterocycles. The molecule has 33 heavy (non-hydrogen) atoms. The molecule has 1 fully saturated rings.